The molecule has 0 bridgehead atoms. The molecule has 0 spiro atoms. The maximum Gasteiger partial charge on any atom is 0.273 e. The molecule has 3 aromatic rings. The molecule has 12 nitrogen and oxygen atoms in total. The van der Waals surface area contributed by atoms with Crippen molar-refractivity contribution in [3.8, 4) is 11.5 Å². The van der Waals surface area contributed by atoms with Crippen LogP contribution in [0.25, 0.3) is 0 Å². The number of aromatic nitrogens is 1. The van der Waals surface area contributed by atoms with Gasteiger partial charge in [-0.2, -0.15) is 4.37 Å². The van der Waals surface area contributed by atoms with Gasteiger partial charge in [0.2, 0.25) is 0 Å². The molecule has 1 fully saturated rings. The SMILES string of the molecule is COc1ccc(N(C(=O)c2snc(C(N)=O)c2N)[C@@H](C(=O)NC[C@@H]2CCCO2)c2ccc(C)o2)cc1OC. The summed E-state index contributed by atoms with van der Waals surface area (Å²) >= 11 is 0.711. The highest BCUT2D eigenvalue weighted by Crippen LogP contribution is 2.38. The van der Waals surface area contributed by atoms with Crippen molar-refractivity contribution in [3.63, 3.8) is 0 Å². The van der Waals surface area contributed by atoms with Crippen LogP contribution in [0.4, 0.5) is 11.4 Å². The van der Waals surface area contributed by atoms with E-state index in [4.69, 9.17) is 30.1 Å². The number of primary amides is 1. The van der Waals surface area contributed by atoms with Crippen LogP contribution in [-0.4, -0.2) is 55.6 Å². The Labute approximate surface area is 223 Å². The van der Waals surface area contributed by atoms with Gasteiger partial charge < -0.3 is 35.4 Å². The molecule has 0 radical (unpaired) electrons. The zero-order valence-electron chi connectivity index (χ0n) is 21.2. The summed E-state index contributed by atoms with van der Waals surface area (Å²) in [7, 11) is 2.94. The fourth-order valence-corrected chi connectivity index (χ4v) is 4.93. The van der Waals surface area contributed by atoms with Crippen molar-refractivity contribution in [1.82, 2.24) is 9.69 Å². The number of amides is 3. The molecule has 0 saturated carbocycles. The number of carbonyl (C=O) groups excluding carboxylic acids is 3. The molecular formula is C25H29N5O7S. The van der Waals surface area contributed by atoms with Gasteiger partial charge in [0.05, 0.1) is 26.0 Å². The molecule has 13 heteroatoms. The number of hydrogen-bond acceptors (Lipinski definition) is 10. The number of hydrogen-bond donors (Lipinski definition) is 3. The summed E-state index contributed by atoms with van der Waals surface area (Å²) in [5.41, 5.74) is 11.4. The Kier molecular flexibility index (Phi) is 8.17. The van der Waals surface area contributed by atoms with Crippen molar-refractivity contribution in [1.29, 1.82) is 0 Å². The van der Waals surface area contributed by atoms with E-state index in [1.165, 1.54) is 19.1 Å². The lowest BCUT2D eigenvalue weighted by Crippen LogP contribution is -2.45. The third kappa shape index (κ3) is 5.43. The fraction of sp³-hybridized carbons (Fsp3) is 0.360. The number of aryl methyl sites for hydroxylation is 1. The van der Waals surface area contributed by atoms with Crippen molar-refractivity contribution < 1.29 is 33.0 Å². The number of nitrogens with two attached hydrogens (primary N) is 2. The lowest BCUT2D eigenvalue weighted by molar-refractivity contribution is -0.123. The number of nitrogen functional groups attached to an aromatic ring is 1. The van der Waals surface area contributed by atoms with Crippen LogP contribution < -0.4 is 31.2 Å². The molecule has 4 rings (SSSR count). The summed E-state index contributed by atoms with van der Waals surface area (Å²) in [4.78, 5) is 40.8. The molecule has 2 atom stereocenters. The Bertz CT molecular complexity index is 1330. The lowest BCUT2D eigenvalue weighted by atomic mass is 10.1. The van der Waals surface area contributed by atoms with Crippen LogP contribution in [-0.2, 0) is 9.53 Å². The first-order valence-electron chi connectivity index (χ1n) is 11.8. The van der Waals surface area contributed by atoms with Gasteiger partial charge in [0.25, 0.3) is 17.7 Å². The average Bonchev–Trinajstić information content (AvgIpc) is 3.66. The molecule has 1 aliphatic rings. The topological polar surface area (TPSA) is 172 Å². The Balaban J connectivity index is 1.83. The number of carbonyl (C=O) groups is 3. The zero-order chi connectivity index (χ0) is 27.4. The van der Waals surface area contributed by atoms with Gasteiger partial charge in [-0.25, -0.2) is 0 Å². The molecule has 1 aromatic carbocycles. The Morgan fingerprint density at radius 2 is 1.97 bits per heavy atom. The van der Waals surface area contributed by atoms with E-state index in [9.17, 15) is 14.4 Å². The number of ether oxygens (including phenoxy) is 3. The molecule has 3 heterocycles. The number of anilines is 2. The highest BCUT2D eigenvalue weighted by atomic mass is 32.1. The summed E-state index contributed by atoms with van der Waals surface area (Å²) in [5, 5.41) is 2.89. The number of rotatable bonds is 10. The van der Waals surface area contributed by atoms with E-state index in [1.54, 1.807) is 37.3 Å². The molecule has 2 aromatic heterocycles. The zero-order valence-corrected chi connectivity index (χ0v) is 22.0. The second kappa shape index (κ2) is 11.5. The van der Waals surface area contributed by atoms with Crippen molar-refractivity contribution in [2.75, 3.05) is 38.0 Å². The predicted octanol–water partition coefficient (Wildman–Crippen LogP) is 2.43. The van der Waals surface area contributed by atoms with Crippen LogP contribution in [0.15, 0.2) is 34.7 Å². The van der Waals surface area contributed by atoms with Crippen molar-refractivity contribution in [2.24, 2.45) is 5.73 Å². The molecule has 3 amide bonds. The number of benzene rings is 1. The van der Waals surface area contributed by atoms with E-state index in [0.717, 1.165) is 12.8 Å². The third-order valence-corrected chi connectivity index (χ3v) is 6.94. The molecule has 202 valence electrons. The number of nitrogens with one attached hydrogen (secondary N) is 1. The largest absolute Gasteiger partial charge is 0.493 e. The first kappa shape index (κ1) is 26.9. The van der Waals surface area contributed by atoms with E-state index in [2.05, 4.69) is 9.69 Å². The summed E-state index contributed by atoms with van der Waals surface area (Å²) < 4.78 is 26.2. The summed E-state index contributed by atoms with van der Waals surface area (Å²) in [5.74, 6) is -0.555. The van der Waals surface area contributed by atoms with Gasteiger partial charge in [-0.3, -0.25) is 19.3 Å². The van der Waals surface area contributed by atoms with Gasteiger partial charge >= 0.3 is 0 Å². The molecule has 0 unspecified atom stereocenters. The smallest absolute Gasteiger partial charge is 0.273 e. The standard InChI is InChI=1S/C25H29N5O7S/c1-13-6-8-17(37-13)21(24(32)28-12-15-5-4-10-36-15)30(14-7-9-16(34-2)18(11-14)35-3)25(33)22-19(26)20(23(27)31)29-38-22/h6-9,11,15,21H,4-5,10,12,26H2,1-3H3,(H2,27,31)(H,28,32)/t15-,21+/m0/s1. The normalized spacial score (nSPS) is 15.6. The second-order valence-corrected chi connectivity index (χ2v) is 9.36. The third-order valence-electron chi connectivity index (χ3n) is 6.08. The first-order chi connectivity index (χ1) is 18.2. The van der Waals surface area contributed by atoms with Crippen LogP contribution in [0.3, 0.4) is 0 Å². The fourth-order valence-electron chi connectivity index (χ4n) is 4.19. The van der Waals surface area contributed by atoms with Gasteiger partial charge in [0.15, 0.2) is 23.2 Å². The minimum absolute atomic E-state index is 0.0613. The highest BCUT2D eigenvalue weighted by Gasteiger charge is 2.38. The average molecular weight is 544 g/mol. The Morgan fingerprint density at radius 3 is 2.55 bits per heavy atom. The van der Waals surface area contributed by atoms with Crippen LogP contribution in [0, 0.1) is 6.92 Å². The molecular weight excluding hydrogens is 514 g/mol. The number of methoxy groups -OCH3 is 2. The van der Waals surface area contributed by atoms with E-state index < -0.39 is 23.8 Å². The quantitative estimate of drug-likeness (QED) is 0.347. The molecule has 1 aliphatic heterocycles. The van der Waals surface area contributed by atoms with Crippen molar-refractivity contribution in [3.05, 3.63) is 52.4 Å². The van der Waals surface area contributed by atoms with Gasteiger partial charge in [0, 0.05) is 24.9 Å². The van der Waals surface area contributed by atoms with Gasteiger partial charge in [-0.15, -0.1) is 0 Å². The molecule has 38 heavy (non-hydrogen) atoms. The molecule has 5 N–H and O–H groups in total. The van der Waals surface area contributed by atoms with Crippen molar-refractivity contribution >= 4 is 40.6 Å². The van der Waals surface area contributed by atoms with Gasteiger partial charge in [-0.05, 0) is 55.6 Å². The minimum Gasteiger partial charge on any atom is -0.493 e. The summed E-state index contributed by atoms with van der Waals surface area (Å²) in [6, 6.07) is 6.82. The number of furan rings is 1. The van der Waals surface area contributed by atoms with E-state index in [0.29, 0.717) is 35.4 Å². The Hall–Kier alpha value is -4.10. The maximum atomic E-state index is 14.1. The van der Waals surface area contributed by atoms with Crippen LogP contribution >= 0.6 is 11.5 Å². The second-order valence-electron chi connectivity index (χ2n) is 8.58. The monoisotopic (exact) mass is 543 g/mol. The van der Waals surface area contributed by atoms with E-state index >= 15 is 0 Å². The van der Waals surface area contributed by atoms with Gasteiger partial charge in [0.1, 0.15) is 16.4 Å². The lowest BCUT2D eigenvalue weighted by Gasteiger charge is -2.30. The van der Waals surface area contributed by atoms with Crippen LogP contribution in [0.1, 0.15) is 50.6 Å². The minimum atomic E-state index is -1.26. The predicted molar refractivity (Wildman–Crippen MR) is 140 cm³/mol. The van der Waals surface area contributed by atoms with Gasteiger partial charge in [-0.1, -0.05) is 0 Å². The molecule has 1 saturated heterocycles. The Morgan fingerprint density at radius 1 is 1.21 bits per heavy atom. The van der Waals surface area contributed by atoms with E-state index in [1.807, 2.05) is 0 Å². The first-order valence-corrected chi connectivity index (χ1v) is 12.6. The summed E-state index contributed by atoms with van der Waals surface area (Å²) in [6.07, 6.45) is 1.60. The van der Waals surface area contributed by atoms with Crippen molar-refractivity contribution in [2.45, 2.75) is 31.9 Å². The highest BCUT2D eigenvalue weighted by molar-refractivity contribution is 7.09. The van der Waals surface area contributed by atoms with E-state index in [-0.39, 0.29) is 40.4 Å². The van der Waals surface area contributed by atoms with Crippen LogP contribution in [0.5, 0.6) is 11.5 Å². The van der Waals surface area contributed by atoms with Crippen LogP contribution in [0.2, 0.25) is 0 Å². The summed E-state index contributed by atoms with van der Waals surface area (Å²) in [6.45, 7) is 2.62. The number of nitrogens with zero attached hydrogens (tertiary/aromatic N) is 2. The molecule has 0 aliphatic carbocycles. The maximum absolute atomic E-state index is 14.1.